The van der Waals surface area contributed by atoms with Crippen molar-refractivity contribution in [1.82, 2.24) is 19.7 Å². The average molecular weight is 310 g/mol. The number of rotatable bonds is 6. The predicted molar refractivity (Wildman–Crippen MR) is 72.9 cm³/mol. The van der Waals surface area contributed by atoms with E-state index < -0.39 is 16.0 Å². The van der Waals surface area contributed by atoms with Gasteiger partial charge in [-0.2, -0.15) is 0 Å². The summed E-state index contributed by atoms with van der Waals surface area (Å²) in [6, 6.07) is 6.44. The number of carboxylic acids is 1. The lowest BCUT2D eigenvalue weighted by Crippen LogP contribution is -2.23. The van der Waals surface area contributed by atoms with Crippen molar-refractivity contribution in [1.29, 1.82) is 0 Å². The van der Waals surface area contributed by atoms with Gasteiger partial charge in [-0.3, -0.25) is 4.79 Å². The number of carbonyl (C=O) groups is 1. The number of carboxylic acid groups (broad SMARTS) is 1. The highest BCUT2D eigenvalue weighted by molar-refractivity contribution is 7.89. The van der Waals surface area contributed by atoms with Crippen LogP contribution in [0.5, 0.6) is 0 Å². The molecule has 21 heavy (non-hydrogen) atoms. The molecule has 1 aromatic heterocycles. The molecule has 0 aliphatic rings. The Morgan fingerprint density at radius 1 is 1.33 bits per heavy atom. The molecule has 2 aromatic rings. The first-order valence-corrected chi connectivity index (χ1v) is 7.52. The van der Waals surface area contributed by atoms with Crippen molar-refractivity contribution in [3.8, 4) is 0 Å². The summed E-state index contributed by atoms with van der Waals surface area (Å²) in [5.41, 5.74) is 1.30. The number of hydrogen-bond acceptors (Lipinski definition) is 5. The fourth-order valence-electron chi connectivity index (χ4n) is 1.61. The standard InChI is InChI=1S/C12H14N4O4S/c1-9-2-4-11(5-3-9)21(19,20)13-6-10-7-16(15-14-10)8-12(17)18/h2-5,7,13H,6,8H2,1H3,(H,17,18). The second kappa shape index (κ2) is 6.02. The molecule has 0 radical (unpaired) electrons. The molecule has 0 spiro atoms. The van der Waals surface area contributed by atoms with E-state index >= 15 is 0 Å². The van der Waals surface area contributed by atoms with Gasteiger partial charge in [0.2, 0.25) is 10.0 Å². The topological polar surface area (TPSA) is 114 Å². The Kier molecular flexibility index (Phi) is 4.34. The van der Waals surface area contributed by atoms with Crippen LogP contribution in [-0.4, -0.2) is 34.5 Å². The van der Waals surface area contributed by atoms with Crippen LogP contribution in [0.25, 0.3) is 0 Å². The summed E-state index contributed by atoms with van der Waals surface area (Å²) >= 11 is 0. The molecule has 0 amide bonds. The van der Waals surface area contributed by atoms with Crippen molar-refractivity contribution in [2.75, 3.05) is 0 Å². The lowest BCUT2D eigenvalue weighted by Gasteiger charge is -2.05. The number of aromatic nitrogens is 3. The van der Waals surface area contributed by atoms with Crippen molar-refractivity contribution >= 4 is 16.0 Å². The maximum Gasteiger partial charge on any atom is 0.325 e. The van der Waals surface area contributed by atoms with Gasteiger partial charge in [-0.15, -0.1) is 5.10 Å². The molecule has 112 valence electrons. The zero-order chi connectivity index (χ0) is 15.5. The number of benzene rings is 1. The van der Waals surface area contributed by atoms with Crippen molar-refractivity contribution < 1.29 is 18.3 Å². The van der Waals surface area contributed by atoms with E-state index in [9.17, 15) is 13.2 Å². The number of aliphatic carboxylic acids is 1. The summed E-state index contributed by atoms with van der Waals surface area (Å²) in [6.45, 7) is 1.48. The van der Waals surface area contributed by atoms with E-state index in [1.54, 1.807) is 12.1 Å². The van der Waals surface area contributed by atoms with Gasteiger partial charge in [0, 0.05) is 0 Å². The Balaban J connectivity index is 2.03. The second-order valence-electron chi connectivity index (χ2n) is 4.44. The van der Waals surface area contributed by atoms with Crippen molar-refractivity contribution in [3.63, 3.8) is 0 Å². The van der Waals surface area contributed by atoms with Crippen LogP contribution >= 0.6 is 0 Å². The number of nitrogens with one attached hydrogen (secondary N) is 1. The number of aryl methyl sites for hydroxylation is 1. The van der Waals surface area contributed by atoms with Gasteiger partial charge in [-0.25, -0.2) is 17.8 Å². The Morgan fingerprint density at radius 2 is 2.00 bits per heavy atom. The molecule has 0 saturated carbocycles. The van der Waals surface area contributed by atoms with Crippen LogP contribution in [0.3, 0.4) is 0 Å². The van der Waals surface area contributed by atoms with E-state index in [1.165, 1.54) is 18.3 Å². The zero-order valence-electron chi connectivity index (χ0n) is 11.2. The van der Waals surface area contributed by atoms with Crippen molar-refractivity contribution in [3.05, 3.63) is 41.7 Å². The van der Waals surface area contributed by atoms with E-state index in [1.807, 2.05) is 6.92 Å². The molecule has 8 nitrogen and oxygen atoms in total. The third-order valence-electron chi connectivity index (χ3n) is 2.66. The van der Waals surface area contributed by atoms with E-state index in [-0.39, 0.29) is 18.0 Å². The Morgan fingerprint density at radius 3 is 2.62 bits per heavy atom. The van der Waals surface area contributed by atoms with E-state index in [4.69, 9.17) is 5.11 Å². The van der Waals surface area contributed by atoms with Gasteiger partial charge in [0.15, 0.2) is 0 Å². The smallest absolute Gasteiger partial charge is 0.325 e. The molecule has 0 fully saturated rings. The largest absolute Gasteiger partial charge is 0.480 e. The van der Waals surface area contributed by atoms with Crippen LogP contribution in [0, 0.1) is 6.92 Å². The molecule has 0 atom stereocenters. The van der Waals surface area contributed by atoms with Gasteiger partial charge >= 0.3 is 5.97 Å². The summed E-state index contributed by atoms with van der Waals surface area (Å²) < 4.78 is 27.6. The lowest BCUT2D eigenvalue weighted by molar-refractivity contribution is -0.137. The van der Waals surface area contributed by atoms with E-state index in [2.05, 4.69) is 15.0 Å². The maximum atomic E-state index is 12.0. The van der Waals surface area contributed by atoms with E-state index in [0.29, 0.717) is 5.69 Å². The SMILES string of the molecule is Cc1ccc(S(=O)(=O)NCc2cn(CC(=O)O)nn2)cc1. The highest BCUT2D eigenvalue weighted by atomic mass is 32.2. The summed E-state index contributed by atoms with van der Waals surface area (Å²) in [5.74, 6) is -1.05. The fraction of sp³-hybridized carbons (Fsp3) is 0.250. The minimum atomic E-state index is -3.63. The highest BCUT2D eigenvalue weighted by Gasteiger charge is 2.14. The van der Waals surface area contributed by atoms with Crippen molar-refractivity contribution in [2.45, 2.75) is 24.9 Å². The molecule has 1 aromatic carbocycles. The summed E-state index contributed by atoms with van der Waals surface area (Å²) in [5, 5.41) is 15.9. The third-order valence-corrected chi connectivity index (χ3v) is 4.08. The molecule has 0 unspecified atom stereocenters. The molecular formula is C12H14N4O4S. The predicted octanol–water partition coefficient (Wildman–Crippen LogP) is 0.150. The van der Waals surface area contributed by atoms with Crippen LogP contribution in [-0.2, 0) is 27.9 Å². The molecule has 2 N–H and O–H groups in total. The number of nitrogens with zero attached hydrogens (tertiary/aromatic N) is 3. The Bertz CT molecular complexity index is 737. The van der Waals surface area contributed by atoms with Crippen LogP contribution in [0.15, 0.2) is 35.4 Å². The molecule has 0 bridgehead atoms. The molecule has 2 rings (SSSR count). The highest BCUT2D eigenvalue weighted by Crippen LogP contribution is 2.10. The van der Waals surface area contributed by atoms with Gasteiger partial charge in [-0.1, -0.05) is 22.9 Å². The van der Waals surface area contributed by atoms with Crippen LogP contribution in [0.2, 0.25) is 0 Å². The zero-order valence-corrected chi connectivity index (χ0v) is 12.0. The second-order valence-corrected chi connectivity index (χ2v) is 6.21. The summed E-state index contributed by atoms with van der Waals surface area (Å²) in [4.78, 5) is 10.7. The van der Waals surface area contributed by atoms with Crippen LogP contribution in [0.1, 0.15) is 11.3 Å². The molecular weight excluding hydrogens is 296 g/mol. The van der Waals surface area contributed by atoms with Gasteiger partial charge in [0.05, 0.1) is 23.3 Å². The fourth-order valence-corrected chi connectivity index (χ4v) is 2.60. The Labute approximate surface area is 121 Å². The molecule has 1 heterocycles. The number of hydrogen-bond donors (Lipinski definition) is 2. The van der Waals surface area contributed by atoms with Gasteiger partial charge in [-0.05, 0) is 19.1 Å². The molecule has 9 heteroatoms. The van der Waals surface area contributed by atoms with Gasteiger partial charge in [0.1, 0.15) is 6.54 Å². The summed E-state index contributed by atoms with van der Waals surface area (Å²) in [6.07, 6.45) is 1.38. The minimum Gasteiger partial charge on any atom is -0.480 e. The van der Waals surface area contributed by atoms with Crippen molar-refractivity contribution in [2.24, 2.45) is 0 Å². The van der Waals surface area contributed by atoms with Crippen LogP contribution in [0.4, 0.5) is 0 Å². The van der Waals surface area contributed by atoms with Crippen LogP contribution < -0.4 is 4.72 Å². The molecule has 0 aliphatic carbocycles. The quantitative estimate of drug-likeness (QED) is 0.785. The first-order chi connectivity index (χ1) is 9.87. The minimum absolute atomic E-state index is 0.0597. The van der Waals surface area contributed by atoms with E-state index in [0.717, 1.165) is 10.2 Å². The maximum absolute atomic E-state index is 12.0. The summed E-state index contributed by atoms with van der Waals surface area (Å²) in [7, 11) is -3.63. The first-order valence-electron chi connectivity index (χ1n) is 6.04. The lowest BCUT2D eigenvalue weighted by atomic mass is 10.2. The average Bonchev–Trinajstić information content (AvgIpc) is 2.84. The monoisotopic (exact) mass is 310 g/mol. The third kappa shape index (κ3) is 4.10. The first kappa shape index (κ1) is 15.1. The Hall–Kier alpha value is -2.26. The van der Waals surface area contributed by atoms with Gasteiger partial charge < -0.3 is 5.11 Å². The molecule has 0 saturated heterocycles. The number of sulfonamides is 1. The normalized spacial score (nSPS) is 11.5. The molecule has 0 aliphatic heterocycles. The van der Waals surface area contributed by atoms with Gasteiger partial charge in [0.25, 0.3) is 0 Å².